The number of carbonyl (C=O) groups excluding carboxylic acids is 2. The molecule has 2 rings (SSSR count). The molecule has 1 aliphatic heterocycles. The lowest BCUT2D eigenvalue weighted by Gasteiger charge is -2.29. The highest BCUT2D eigenvalue weighted by molar-refractivity contribution is 6.02. The highest BCUT2D eigenvalue weighted by Gasteiger charge is 2.23. The Balaban J connectivity index is 2.18. The first-order valence-corrected chi connectivity index (χ1v) is 5.50. The van der Waals surface area contributed by atoms with Crippen molar-refractivity contribution in [3.05, 3.63) is 24.3 Å². The van der Waals surface area contributed by atoms with Gasteiger partial charge in [-0.3, -0.25) is 9.59 Å². The zero-order valence-corrected chi connectivity index (χ0v) is 9.60. The topological polar surface area (TPSA) is 58.6 Å². The Morgan fingerprint density at radius 3 is 3.00 bits per heavy atom. The minimum Gasteiger partial charge on any atom is -0.465 e. The lowest BCUT2D eigenvalue weighted by Crippen LogP contribution is -2.41. The molecule has 0 fully saturated rings. The van der Waals surface area contributed by atoms with Crippen molar-refractivity contribution in [1.29, 1.82) is 0 Å². The molecule has 1 heterocycles. The molecule has 0 unspecified atom stereocenters. The zero-order valence-electron chi connectivity index (χ0n) is 9.60. The molecule has 1 N–H and O–H groups in total. The van der Waals surface area contributed by atoms with Crippen molar-refractivity contribution >= 4 is 23.3 Å². The van der Waals surface area contributed by atoms with Gasteiger partial charge >= 0.3 is 5.97 Å². The third kappa shape index (κ3) is 2.55. The van der Waals surface area contributed by atoms with Crippen LogP contribution < -0.4 is 10.2 Å². The van der Waals surface area contributed by atoms with Crippen LogP contribution in [0.4, 0.5) is 11.4 Å². The Labute approximate surface area is 99.4 Å². The van der Waals surface area contributed by atoms with Crippen LogP contribution in [0.2, 0.25) is 0 Å². The van der Waals surface area contributed by atoms with Crippen molar-refractivity contribution < 1.29 is 14.3 Å². The maximum absolute atomic E-state index is 11.5. The molecule has 0 atom stereocenters. The van der Waals surface area contributed by atoms with Crippen LogP contribution in [-0.4, -0.2) is 31.6 Å². The van der Waals surface area contributed by atoms with Gasteiger partial charge in [0.05, 0.1) is 24.5 Å². The lowest BCUT2D eigenvalue weighted by atomic mass is 10.2. The molecule has 5 heteroatoms. The van der Waals surface area contributed by atoms with Gasteiger partial charge in [0.1, 0.15) is 6.54 Å². The van der Waals surface area contributed by atoms with Gasteiger partial charge < -0.3 is 15.0 Å². The van der Waals surface area contributed by atoms with Crippen molar-refractivity contribution in [3.63, 3.8) is 0 Å². The Hall–Kier alpha value is -2.04. The summed E-state index contributed by atoms with van der Waals surface area (Å²) in [6.07, 6.45) is 0. The fraction of sp³-hybridized carbons (Fsp3) is 0.333. The van der Waals surface area contributed by atoms with E-state index >= 15 is 0 Å². The third-order valence-corrected chi connectivity index (χ3v) is 2.48. The predicted octanol–water partition coefficient (Wildman–Crippen LogP) is 1.01. The number of fused-ring (bicyclic) bond motifs is 1. The molecule has 0 saturated heterocycles. The van der Waals surface area contributed by atoms with Crippen LogP contribution in [0.15, 0.2) is 24.3 Å². The van der Waals surface area contributed by atoms with Crippen LogP contribution in [0.1, 0.15) is 6.92 Å². The Kier molecular flexibility index (Phi) is 3.27. The van der Waals surface area contributed by atoms with Gasteiger partial charge in [-0.2, -0.15) is 0 Å². The summed E-state index contributed by atoms with van der Waals surface area (Å²) in [6, 6.07) is 7.39. The number of nitrogens with one attached hydrogen (secondary N) is 1. The fourth-order valence-electron chi connectivity index (χ4n) is 1.81. The monoisotopic (exact) mass is 234 g/mol. The van der Waals surface area contributed by atoms with E-state index in [2.05, 4.69) is 5.32 Å². The van der Waals surface area contributed by atoms with Crippen molar-refractivity contribution in [2.75, 3.05) is 29.9 Å². The molecule has 0 spiro atoms. The number of carbonyl (C=O) groups is 2. The summed E-state index contributed by atoms with van der Waals surface area (Å²) >= 11 is 0. The molecule has 0 radical (unpaired) electrons. The summed E-state index contributed by atoms with van der Waals surface area (Å²) < 4.78 is 4.88. The molecule has 0 aliphatic carbocycles. The van der Waals surface area contributed by atoms with Crippen molar-refractivity contribution in [2.24, 2.45) is 0 Å². The summed E-state index contributed by atoms with van der Waals surface area (Å²) in [6.45, 7) is 2.38. The molecule has 0 aromatic heterocycles. The molecule has 0 saturated carbocycles. The van der Waals surface area contributed by atoms with Gasteiger partial charge in [0.25, 0.3) is 0 Å². The first-order valence-electron chi connectivity index (χ1n) is 5.50. The maximum atomic E-state index is 11.5. The number of hydrogen-bond donors (Lipinski definition) is 1. The highest BCUT2D eigenvalue weighted by atomic mass is 16.5. The average Bonchev–Trinajstić information content (AvgIpc) is 2.29. The SMILES string of the molecule is CCOC(=O)CN1CC(=O)Nc2ccccc21. The number of ether oxygens (including phenoxy) is 1. The van der Waals surface area contributed by atoms with Gasteiger partial charge in [0.2, 0.25) is 5.91 Å². The molecular formula is C12H14N2O3. The van der Waals surface area contributed by atoms with E-state index in [-0.39, 0.29) is 25.0 Å². The van der Waals surface area contributed by atoms with Gasteiger partial charge in [-0.15, -0.1) is 0 Å². The Morgan fingerprint density at radius 1 is 1.47 bits per heavy atom. The van der Waals surface area contributed by atoms with E-state index in [1.807, 2.05) is 24.3 Å². The van der Waals surface area contributed by atoms with E-state index in [0.717, 1.165) is 11.4 Å². The minimum atomic E-state index is -0.322. The molecule has 17 heavy (non-hydrogen) atoms. The van der Waals surface area contributed by atoms with E-state index in [1.54, 1.807) is 11.8 Å². The van der Waals surface area contributed by atoms with Gasteiger partial charge in [0.15, 0.2) is 0 Å². The van der Waals surface area contributed by atoms with E-state index in [1.165, 1.54) is 0 Å². The van der Waals surface area contributed by atoms with Gasteiger partial charge in [-0.05, 0) is 19.1 Å². The number of amides is 1. The predicted molar refractivity (Wildman–Crippen MR) is 63.9 cm³/mol. The number of hydrogen-bond acceptors (Lipinski definition) is 4. The largest absolute Gasteiger partial charge is 0.465 e. The van der Waals surface area contributed by atoms with Gasteiger partial charge in [0, 0.05) is 0 Å². The molecule has 0 bridgehead atoms. The molecular weight excluding hydrogens is 220 g/mol. The fourth-order valence-corrected chi connectivity index (χ4v) is 1.81. The van der Waals surface area contributed by atoms with E-state index in [9.17, 15) is 9.59 Å². The number of benzene rings is 1. The van der Waals surface area contributed by atoms with Crippen molar-refractivity contribution in [3.8, 4) is 0 Å². The van der Waals surface area contributed by atoms with Gasteiger partial charge in [-0.25, -0.2) is 0 Å². The maximum Gasteiger partial charge on any atom is 0.325 e. The Bertz CT molecular complexity index is 445. The number of anilines is 2. The van der Waals surface area contributed by atoms with Crippen LogP contribution >= 0.6 is 0 Å². The normalized spacial score (nSPS) is 13.9. The lowest BCUT2D eigenvalue weighted by molar-refractivity contribution is -0.141. The number of esters is 1. The standard InChI is InChI=1S/C12H14N2O3/c1-2-17-12(16)8-14-7-11(15)13-9-5-3-4-6-10(9)14/h3-6H,2,7-8H2,1H3,(H,13,15). The van der Waals surface area contributed by atoms with Crippen LogP contribution in [0.5, 0.6) is 0 Å². The quantitative estimate of drug-likeness (QED) is 0.793. The number of nitrogens with zero attached hydrogens (tertiary/aromatic N) is 1. The van der Waals surface area contributed by atoms with Gasteiger partial charge in [-0.1, -0.05) is 12.1 Å². The third-order valence-electron chi connectivity index (χ3n) is 2.48. The van der Waals surface area contributed by atoms with Crippen molar-refractivity contribution in [2.45, 2.75) is 6.92 Å². The molecule has 1 aromatic rings. The molecule has 90 valence electrons. The molecule has 1 aliphatic rings. The summed E-state index contributed by atoms with van der Waals surface area (Å²) in [5.41, 5.74) is 1.58. The van der Waals surface area contributed by atoms with E-state index in [4.69, 9.17) is 4.74 Å². The number of para-hydroxylation sites is 2. The number of rotatable bonds is 3. The molecule has 1 amide bonds. The highest BCUT2D eigenvalue weighted by Crippen LogP contribution is 2.28. The van der Waals surface area contributed by atoms with E-state index in [0.29, 0.717) is 6.61 Å². The van der Waals surface area contributed by atoms with E-state index < -0.39 is 0 Å². The van der Waals surface area contributed by atoms with Crippen LogP contribution in [-0.2, 0) is 14.3 Å². The summed E-state index contributed by atoms with van der Waals surface area (Å²) in [5.74, 6) is -0.440. The second kappa shape index (κ2) is 4.86. The zero-order chi connectivity index (χ0) is 12.3. The minimum absolute atomic E-state index is 0.0955. The smallest absolute Gasteiger partial charge is 0.325 e. The first-order chi connectivity index (χ1) is 8.20. The molecule has 5 nitrogen and oxygen atoms in total. The first kappa shape index (κ1) is 11.4. The van der Waals surface area contributed by atoms with Crippen LogP contribution in [0.3, 0.4) is 0 Å². The molecule has 1 aromatic carbocycles. The summed E-state index contributed by atoms with van der Waals surface area (Å²) in [7, 11) is 0. The van der Waals surface area contributed by atoms with Crippen molar-refractivity contribution in [1.82, 2.24) is 0 Å². The second-order valence-corrected chi connectivity index (χ2v) is 3.73. The Morgan fingerprint density at radius 2 is 2.24 bits per heavy atom. The van der Waals surface area contributed by atoms with Crippen LogP contribution in [0.25, 0.3) is 0 Å². The second-order valence-electron chi connectivity index (χ2n) is 3.73. The average molecular weight is 234 g/mol. The van der Waals surface area contributed by atoms with Crippen LogP contribution in [0, 0.1) is 0 Å². The summed E-state index contributed by atoms with van der Waals surface area (Å²) in [5, 5.41) is 2.76. The summed E-state index contributed by atoms with van der Waals surface area (Å²) in [4.78, 5) is 24.6.